The van der Waals surface area contributed by atoms with Crippen LogP contribution in [0.2, 0.25) is 18.1 Å². The number of aliphatic hydroxyl groups is 1. The Morgan fingerprint density at radius 2 is 1.93 bits per heavy atom. The zero-order valence-corrected chi connectivity index (χ0v) is 20.2. The molecule has 0 aromatic heterocycles. The third kappa shape index (κ3) is 7.03. The molecular formula is C22H41NO4Si. The minimum atomic E-state index is -1.85. The molecule has 0 amide bonds. The van der Waals surface area contributed by atoms with Crippen molar-refractivity contribution < 1.29 is 19.1 Å². The molecule has 0 aliphatic carbocycles. The van der Waals surface area contributed by atoms with Gasteiger partial charge in [-0.25, -0.2) is 4.79 Å². The van der Waals surface area contributed by atoms with E-state index in [-0.39, 0.29) is 28.5 Å². The lowest BCUT2D eigenvalue weighted by Crippen LogP contribution is -2.44. The van der Waals surface area contributed by atoms with Gasteiger partial charge in [-0.2, -0.15) is 0 Å². The summed E-state index contributed by atoms with van der Waals surface area (Å²) in [6.45, 7) is 17.5. The number of nitrogens with zero attached hydrogens (tertiary/aromatic N) is 1. The summed E-state index contributed by atoms with van der Waals surface area (Å²) in [5.74, 6) is -0.344. The molecule has 2 atom stereocenters. The van der Waals surface area contributed by atoms with Crippen molar-refractivity contribution >= 4 is 20.0 Å². The summed E-state index contributed by atoms with van der Waals surface area (Å²) in [5.41, 5.74) is 0.979. The van der Waals surface area contributed by atoms with Crippen LogP contribution in [-0.4, -0.2) is 43.9 Å². The maximum absolute atomic E-state index is 12.3. The van der Waals surface area contributed by atoms with Crippen molar-refractivity contribution in [2.45, 2.75) is 110 Å². The van der Waals surface area contributed by atoms with Crippen LogP contribution in [0.4, 0.5) is 0 Å². The third-order valence-corrected chi connectivity index (χ3v) is 10.4. The fourth-order valence-electron chi connectivity index (χ4n) is 3.24. The van der Waals surface area contributed by atoms with E-state index in [1.54, 1.807) is 6.92 Å². The van der Waals surface area contributed by atoms with E-state index in [1.807, 2.05) is 0 Å². The van der Waals surface area contributed by atoms with Crippen molar-refractivity contribution in [3.63, 3.8) is 0 Å². The van der Waals surface area contributed by atoms with Crippen LogP contribution in [-0.2, 0) is 14.0 Å². The van der Waals surface area contributed by atoms with Crippen LogP contribution in [0.5, 0.6) is 0 Å². The van der Waals surface area contributed by atoms with Gasteiger partial charge in [-0.3, -0.25) is 4.99 Å². The number of hydrogen-bond donors (Lipinski definition) is 1. The van der Waals surface area contributed by atoms with Gasteiger partial charge in [-0.15, -0.1) is 0 Å². The Bertz CT molecular complexity index is 590. The zero-order chi connectivity index (χ0) is 21.5. The molecule has 0 fully saturated rings. The molecule has 0 saturated heterocycles. The number of dihydropyridines is 1. The third-order valence-electron chi connectivity index (χ3n) is 5.75. The average molecular weight is 412 g/mol. The number of ether oxygens (including phenoxy) is 1. The highest BCUT2D eigenvalue weighted by Gasteiger charge is 2.39. The molecule has 0 aromatic rings. The second-order valence-electron chi connectivity index (χ2n) is 9.36. The summed E-state index contributed by atoms with van der Waals surface area (Å²) >= 11 is 0. The van der Waals surface area contributed by atoms with Crippen LogP contribution in [0.15, 0.2) is 16.3 Å². The highest BCUT2D eigenvalue weighted by atomic mass is 28.4. The Morgan fingerprint density at radius 3 is 2.46 bits per heavy atom. The molecule has 0 radical (unpaired) electrons. The van der Waals surface area contributed by atoms with Crippen molar-refractivity contribution in [2.75, 3.05) is 6.61 Å². The molecule has 1 aliphatic heterocycles. The Hall–Kier alpha value is -1.14. The fourth-order valence-corrected chi connectivity index (χ4v) is 4.70. The van der Waals surface area contributed by atoms with E-state index in [0.29, 0.717) is 25.2 Å². The molecule has 0 saturated carbocycles. The van der Waals surface area contributed by atoms with Crippen LogP contribution in [0.1, 0.15) is 80.1 Å². The summed E-state index contributed by atoms with van der Waals surface area (Å²) in [5, 5.41) is 10.8. The summed E-state index contributed by atoms with van der Waals surface area (Å²) < 4.78 is 11.6. The SMILES string of the molecule is CCCCCC1=N[C@@H](C[C@H](C)O[Si](C)(C)C(C)(C)C)CC(O)=C1C(=O)OCC. The first-order valence-corrected chi connectivity index (χ1v) is 13.7. The minimum absolute atomic E-state index is 0.0588. The molecule has 28 heavy (non-hydrogen) atoms. The topological polar surface area (TPSA) is 68.1 Å². The fraction of sp³-hybridized carbons (Fsp3) is 0.818. The monoisotopic (exact) mass is 411 g/mol. The second-order valence-corrected chi connectivity index (χ2v) is 14.1. The molecule has 1 heterocycles. The largest absolute Gasteiger partial charge is 0.511 e. The van der Waals surface area contributed by atoms with Crippen LogP contribution in [0.3, 0.4) is 0 Å². The van der Waals surface area contributed by atoms with Crippen molar-refractivity contribution in [2.24, 2.45) is 4.99 Å². The molecule has 6 heteroatoms. The number of carbonyl (C=O) groups excluding carboxylic acids is 1. The van der Waals surface area contributed by atoms with Gasteiger partial charge < -0.3 is 14.3 Å². The summed E-state index contributed by atoms with van der Waals surface area (Å²) in [6.07, 6.45) is 4.99. The zero-order valence-electron chi connectivity index (χ0n) is 19.2. The Kier molecular flexibility index (Phi) is 9.41. The number of aliphatic hydroxyl groups excluding tert-OH is 1. The van der Waals surface area contributed by atoms with Crippen molar-refractivity contribution in [3.05, 3.63) is 11.3 Å². The number of carbonyl (C=O) groups is 1. The van der Waals surface area contributed by atoms with Gasteiger partial charge in [0.25, 0.3) is 0 Å². The summed E-state index contributed by atoms with van der Waals surface area (Å²) in [4.78, 5) is 17.2. The van der Waals surface area contributed by atoms with Gasteiger partial charge in [0, 0.05) is 12.5 Å². The molecule has 0 aromatic carbocycles. The van der Waals surface area contributed by atoms with Gasteiger partial charge in [0.15, 0.2) is 8.32 Å². The van der Waals surface area contributed by atoms with Gasteiger partial charge in [0.2, 0.25) is 0 Å². The Morgan fingerprint density at radius 1 is 1.29 bits per heavy atom. The van der Waals surface area contributed by atoms with Gasteiger partial charge in [-0.05, 0) is 51.2 Å². The van der Waals surface area contributed by atoms with E-state index in [4.69, 9.17) is 14.2 Å². The molecule has 1 N–H and O–H groups in total. The molecule has 0 spiro atoms. The lowest BCUT2D eigenvalue weighted by Gasteiger charge is -2.39. The van der Waals surface area contributed by atoms with Gasteiger partial charge in [-0.1, -0.05) is 40.5 Å². The maximum Gasteiger partial charge on any atom is 0.343 e. The first-order valence-electron chi connectivity index (χ1n) is 10.8. The van der Waals surface area contributed by atoms with E-state index in [9.17, 15) is 9.90 Å². The van der Waals surface area contributed by atoms with Crippen LogP contribution >= 0.6 is 0 Å². The quantitative estimate of drug-likeness (QED) is 0.274. The van der Waals surface area contributed by atoms with Crippen molar-refractivity contribution in [1.29, 1.82) is 0 Å². The molecule has 5 nitrogen and oxygen atoms in total. The molecule has 0 bridgehead atoms. The van der Waals surface area contributed by atoms with E-state index < -0.39 is 14.3 Å². The molecule has 0 unspecified atom stereocenters. The van der Waals surface area contributed by atoms with E-state index >= 15 is 0 Å². The number of esters is 1. The van der Waals surface area contributed by atoms with Crippen molar-refractivity contribution in [1.82, 2.24) is 0 Å². The molecule has 162 valence electrons. The normalized spacial score (nSPS) is 19.4. The first-order chi connectivity index (χ1) is 12.9. The number of unbranched alkanes of at least 4 members (excludes halogenated alkanes) is 2. The number of rotatable bonds is 10. The van der Waals surface area contributed by atoms with Crippen molar-refractivity contribution in [3.8, 4) is 0 Å². The van der Waals surface area contributed by atoms with E-state index in [1.165, 1.54) is 0 Å². The van der Waals surface area contributed by atoms with Crippen LogP contribution in [0.25, 0.3) is 0 Å². The van der Waals surface area contributed by atoms with Gasteiger partial charge in [0.1, 0.15) is 11.3 Å². The first kappa shape index (κ1) is 24.9. The van der Waals surface area contributed by atoms with E-state index in [2.05, 4.69) is 47.7 Å². The number of aliphatic imine (C=N–C) groups is 1. The lowest BCUT2D eigenvalue weighted by molar-refractivity contribution is -0.138. The molecule has 1 aliphatic rings. The Balaban J connectivity index is 2.92. The smallest absolute Gasteiger partial charge is 0.343 e. The van der Waals surface area contributed by atoms with Crippen LogP contribution < -0.4 is 0 Å². The average Bonchev–Trinajstić information content (AvgIpc) is 2.53. The van der Waals surface area contributed by atoms with Gasteiger partial charge >= 0.3 is 5.97 Å². The second kappa shape index (κ2) is 10.6. The van der Waals surface area contributed by atoms with E-state index in [0.717, 1.165) is 25.7 Å². The minimum Gasteiger partial charge on any atom is -0.511 e. The van der Waals surface area contributed by atoms with Crippen LogP contribution in [0, 0.1) is 0 Å². The highest BCUT2D eigenvalue weighted by Crippen LogP contribution is 2.38. The molecule has 1 rings (SSSR count). The van der Waals surface area contributed by atoms with Gasteiger partial charge in [0.05, 0.1) is 18.4 Å². The predicted octanol–water partition coefficient (Wildman–Crippen LogP) is 5.96. The lowest BCUT2D eigenvalue weighted by atomic mass is 9.94. The standard InChI is InChI=1S/C22H41NO4Si/c1-9-11-12-13-18-20(21(25)26-10-2)19(24)15-17(23-18)14-16(3)27-28(7,8)22(4,5)6/h16-17,24H,9-15H2,1-8H3/t16-,17-/m0/s1. The number of hydrogen-bond acceptors (Lipinski definition) is 5. The molecular weight excluding hydrogens is 370 g/mol. The summed E-state index contributed by atoms with van der Waals surface area (Å²) in [7, 11) is -1.85. The Labute approximate surface area is 172 Å². The predicted molar refractivity (Wildman–Crippen MR) is 119 cm³/mol. The maximum atomic E-state index is 12.3. The summed E-state index contributed by atoms with van der Waals surface area (Å²) in [6, 6.07) is -0.0606. The highest BCUT2D eigenvalue weighted by molar-refractivity contribution is 6.74.